The molecule has 1 aromatic rings. The van der Waals surface area contributed by atoms with Crippen LogP contribution in [0.3, 0.4) is 0 Å². The Kier molecular flexibility index (Phi) is 4.65. The van der Waals surface area contributed by atoms with Gasteiger partial charge >= 0.3 is 0 Å². The van der Waals surface area contributed by atoms with Gasteiger partial charge in [0.1, 0.15) is 4.21 Å². The summed E-state index contributed by atoms with van der Waals surface area (Å²) in [4.78, 5) is 13.8. The minimum atomic E-state index is -3.65. The largest absolute Gasteiger partial charge is 0.341 e. The van der Waals surface area contributed by atoms with E-state index in [0.29, 0.717) is 17.6 Å². The second-order valence-corrected chi connectivity index (χ2v) is 8.11. The summed E-state index contributed by atoms with van der Waals surface area (Å²) in [6.45, 7) is 3.01. The van der Waals surface area contributed by atoms with E-state index in [4.69, 9.17) is 0 Å². The van der Waals surface area contributed by atoms with Crippen molar-refractivity contribution in [1.29, 1.82) is 0 Å². The van der Waals surface area contributed by atoms with E-state index in [2.05, 4.69) is 20.7 Å². The fourth-order valence-corrected chi connectivity index (χ4v) is 5.57. The average molecular weight is 367 g/mol. The number of hydrogen-bond donors (Lipinski definition) is 1. The second-order valence-electron chi connectivity index (χ2n) is 4.43. The van der Waals surface area contributed by atoms with Crippen LogP contribution < -0.4 is 4.72 Å². The smallest absolute Gasteiger partial charge is 0.251 e. The van der Waals surface area contributed by atoms with Gasteiger partial charge in [-0.3, -0.25) is 4.79 Å². The molecule has 0 bridgehead atoms. The van der Waals surface area contributed by atoms with Crippen LogP contribution in [0, 0.1) is 0 Å². The predicted molar refractivity (Wildman–Crippen MR) is 77.6 cm³/mol. The molecule has 0 aliphatic carbocycles. The first kappa shape index (κ1) is 15.0. The maximum absolute atomic E-state index is 12.1. The zero-order valence-corrected chi connectivity index (χ0v) is 13.6. The van der Waals surface area contributed by atoms with E-state index in [1.165, 1.54) is 0 Å². The highest BCUT2D eigenvalue weighted by atomic mass is 79.9. The van der Waals surface area contributed by atoms with Crippen LogP contribution in [0.2, 0.25) is 0 Å². The first-order valence-electron chi connectivity index (χ1n) is 5.96. The van der Waals surface area contributed by atoms with Gasteiger partial charge in [-0.1, -0.05) is 0 Å². The summed E-state index contributed by atoms with van der Waals surface area (Å²) >= 11 is 4.31. The van der Waals surface area contributed by atoms with Crippen LogP contribution in [0.4, 0.5) is 0 Å². The molecule has 8 heteroatoms. The molecule has 1 aromatic heterocycles. The Morgan fingerprint density at radius 3 is 2.63 bits per heavy atom. The molecule has 1 aliphatic heterocycles. The summed E-state index contributed by atoms with van der Waals surface area (Å²) in [6.07, 6.45) is 1.98. The SMILES string of the molecule is CC(NS(=O)(=O)c1sccc1Br)C(=O)N1CCCC1. The van der Waals surface area contributed by atoms with E-state index in [9.17, 15) is 13.2 Å². The monoisotopic (exact) mass is 366 g/mol. The number of nitrogens with one attached hydrogen (secondary N) is 1. The molecular weight excluding hydrogens is 352 g/mol. The van der Waals surface area contributed by atoms with Gasteiger partial charge in [-0.15, -0.1) is 11.3 Å². The summed E-state index contributed by atoms with van der Waals surface area (Å²) in [5, 5.41) is 1.69. The third-order valence-electron chi connectivity index (χ3n) is 2.95. The van der Waals surface area contributed by atoms with Crippen molar-refractivity contribution < 1.29 is 13.2 Å². The Morgan fingerprint density at radius 1 is 1.47 bits per heavy atom. The van der Waals surface area contributed by atoms with Crippen molar-refractivity contribution in [2.24, 2.45) is 0 Å². The summed E-state index contributed by atoms with van der Waals surface area (Å²) in [7, 11) is -3.65. The van der Waals surface area contributed by atoms with Gasteiger partial charge in [-0.05, 0) is 47.1 Å². The summed E-state index contributed by atoms with van der Waals surface area (Å²) in [5.41, 5.74) is 0. The highest BCUT2D eigenvalue weighted by Crippen LogP contribution is 2.27. The molecule has 5 nitrogen and oxygen atoms in total. The average Bonchev–Trinajstić information content (AvgIpc) is 2.97. The van der Waals surface area contributed by atoms with Crippen LogP contribution in [0.25, 0.3) is 0 Å². The van der Waals surface area contributed by atoms with Crippen molar-refractivity contribution in [2.45, 2.75) is 30.0 Å². The van der Waals surface area contributed by atoms with Gasteiger partial charge in [0.25, 0.3) is 10.0 Å². The third kappa shape index (κ3) is 3.36. The topological polar surface area (TPSA) is 66.5 Å². The first-order valence-corrected chi connectivity index (χ1v) is 9.11. The molecule has 0 saturated carbocycles. The number of halogens is 1. The maximum Gasteiger partial charge on any atom is 0.251 e. The fraction of sp³-hybridized carbons (Fsp3) is 0.545. The van der Waals surface area contributed by atoms with Crippen molar-refractivity contribution in [3.63, 3.8) is 0 Å². The van der Waals surface area contributed by atoms with E-state index in [-0.39, 0.29) is 10.1 Å². The van der Waals surface area contributed by atoms with Crippen LogP contribution >= 0.6 is 27.3 Å². The minimum absolute atomic E-state index is 0.159. The third-order valence-corrected chi connectivity index (χ3v) is 7.16. The Labute approximate surface area is 125 Å². The molecule has 1 fully saturated rings. The van der Waals surface area contributed by atoms with Crippen molar-refractivity contribution in [1.82, 2.24) is 9.62 Å². The summed E-state index contributed by atoms with van der Waals surface area (Å²) < 4.78 is 27.4. The molecule has 1 unspecified atom stereocenters. The highest BCUT2D eigenvalue weighted by molar-refractivity contribution is 9.10. The number of carbonyl (C=O) groups excluding carboxylic acids is 1. The molecule has 2 heterocycles. The molecule has 0 radical (unpaired) electrons. The second kappa shape index (κ2) is 5.90. The fourth-order valence-electron chi connectivity index (χ4n) is 2.02. The molecule has 0 aromatic carbocycles. The van der Waals surface area contributed by atoms with E-state index < -0.39 is 16.1 Å². The number of likely N-dealkylation sites (tertiary alicyclic amines) is 1. The van der Waals surface area contributed by atoms with Gasteiger partial charge in [-0.2, -0.15) is 4.72 Å². The highest BCUT2D eigenvalue weighted by Gasteiger charge is 2.28. The number of nitrogens with zero attached hydrogens (tertiary/aromatic N) is 1. The van der Waals surface area contributed by atoms with Gasteiger partial charge in [0, 0.05) is 17.6 Å². The Bertz CT molecular complexity index is 564. The van der Waals surface area contributed by atoms with Gasteiger partial charge in [-0.25, -0.2) is 8.42 Å². The Hall–Kier alpha value is -0.440. The molecule has 2 rings (SSSR count). The molecule has 19 heavy (non-hydrogen) atoms. The number of rotatable bonds is 4. The standard InChI is InChI=1S/C11H15BrN2O3S2/c1-8(10(15)14-5-2-3-6-14)13-19(16,17)11-9(12)4-7-18-11/h4,7-8,13H,2-3,5-6H2,1H3. The van der Waals surface area contributed by atoms with Crippen LogP contribution in [0.15, 0.2) is 20.1 Å². The number of sulfonamides is 1. The lowest BCUT2D eigenvalue weighted by Crippen LogP contribution is -2.45. The lowest BCUT2D eigenvalue weighted by molar-refractivity contribution is -0.131. The Balaban J connectivity index is 2.08. The lowest BCUT2D eigenvalue weighted by atomic mass is 10.3. The normalized spacial score (nSPS) is 17.7. The number of carbonyl (C=O) groups is 1. The molecule has 1 aliphatic rings. The predicted octanol–water partition coefficient (Wildman–Crippen LogP) is 1.80. The van der Waals surface area contributed by atoms with E-state index >= 15 is 0 Å². The quantitative estimate of drug-likeness (QED) is 0.883. The van der Waals surface area contributed by atoms with Crippen LogP contribution in [-0.4, -0.2) is 38.4 Å². The van der Waals surface area contributed by atoms with E-state index in [1.54, 1.807) is 23.3 Å². The van der Waals surface area contributed by atoms with Crippen molar-refractivity contribution >= 4 is 43.2 Å². The van der Waals surface area contributed by atoms with Crippen molar-refractivity contribution in [3.05, 3.63) is 15.9 Å². The van der Waals surface area contributed by atoms with Gasteiger partial charge < -0.3 is 4.90 Å². The van der Waals surface area contributed by atoms with Crippen LogP contribution in [0.1, 0.15) is 19.8 Å². The van der Waals surface area contributed by atoms with E-state index in [0.717, 1.165) is 24.2 Å². The Morgan fingerprint density at radius 2 is 2.11 bits per heavy atom. The molecular formula is C11H15BrN2O3S2. The number of hydrogen-bond acceptors (Lipinski definition) is 4. The molecule has 1 N–H and O–H groups in total. The van der Waals surface area contributed by atoms with Crippen molar-refractivity contribution in [3.8, 4) is 0 Å². The zero-order chi connectivity index (χ0) is 14.0. The first-order chi connectivity index (χ1) is 8.92. The molecule has 1 atom stereocenters. The van der Waals surface area contributed by atoms with Crippen molar-refractivity contribution in [2.75, 3.05) is 13.1 Å². The summed E-state index contributed by atoms with van der Waals surface area (Å²) in [6, 6.07) is 0.934. The molecule has 1 saturated heterocycles. The summed E-state index contributed by atoms with van der Waals surface area (Å²) in [5.74, 6) is -0.159. The minimum Gasteiger partial charge on any atom is -0.341 e. The van der Waals surface area contributed by atoms with Gasteiger partial charge in [0.2, 0.25) is 5.91 Å². The van der Waals surface area contributed by atoms with Gasteiger partial charge in [0.05, 0.1) is 6.04 Å². The lowest BCUT2D eigenvalue weighted by Gasteiger charge is -2.20. The van der Waals surface area contributed by atoms with Crippen LogP contribution in [0.5, 0.6) is 0 Å². The number of thiophene rings is 1. The van der Waals surface area contributed by atoms with Gasteiger partial charge in [0.15, 0.2) is 0 Å². The molecule has 0 spiro atoms. The zero-order valence-electron chi connectivity index (χ0n) is 10.4. The van der Waals surface area contributed by atoms with Crippen LogP contribution in [-0.2, 0) is 14.8 Å². The van der Waals surface area contributed by atoms with E-state index in [1.807, 2.05) is 0 Å². The molecule has 106 valence electrons. The maximum atomic E-state index is 12.1. The molecule has 1 amide bonds. The number of amides is 1.